The van der Waals surface area contributed by atoms with Gasteiger partial charge >= 0.3 is 0 Å². The van der Waals surface area contributed by atoms with E-state index in [4.69, 9.17) is 25.8 Å². The summed E-state index contributed by atoms with van der Waals surface area (Å²) in [6.45, 7) is 0.959. The van der Waals surface area contributed by atoms with Crippen molar-refractivity contribution in [2.24, 2.45) is 0 Å². The standard InChI is InChI=1S/C20H19ClF2N6O4S/c1-10-6-7-29(27-10)16-12(21)5-4-11-13(8-24-15(11)16)34(30)28-20-25-18(31-2)17(19(26-20)32-3)33-9-14(22)23/h4-8,14,24H,9H2,1-3H3,(H,25,26,28). The second kappa shape index (κ2) is 9.81. The van der Waals surface area contributed by atoms with E-state index in [0.29, 0.717) is 26.5 Å². The summed E-state index contributed by atoms with van der Waals surface area (Å²) in [7, 11) is 0.722. The lowest BCUT2D eigenvalue weighted by molar-refractivity contribution is 0.0781. The first-order chi connectivity index (χ1) is 16.3. The maximum absolute atomic E-state index is 13.2. The van der Waals surface area contributed by atoms with Gasteiger partial charge in [0.2, 0.25) is 11.7 Å². The molecule has 0 amide bonds. The number of anilines is 1. The maximum atomic E-state index is 13.2. The van der Waals surface area contributed by atoms with E-state index in [1.54, 1.807) is 29.2 Å². The molecule has 0 aliphatic carbocycles. The first-order valence-electron chi connectivity index (χ1n) is 9.74. The summed E-state index contributed by atoms with van der Waals surface area (Å²) in [4.78, 5) is 11.6. The second-order valence-electron chi connectivity index (χ2n) is 6.84. The number of rotatable bonds is 9. The van der Waals surface area contributed by atoms with Crippen LogP contribution in [-0.2, 0) is 11.0 Å². The molecule has 3 aromatic heterocycles. The molecule has 14 heteroatoms. The van der Waals surface area contributed by atoms with Crippen LogP contribution in [0.4, 0.5) is 14.7 Å². The minimum absolute atomic E-state index is 0.123. The predicted octanol–water partition coefficient (Wildman–Crippen LogP) is 3.90. The molecule has 0 bridgehead atoms. The van der Waals surface area contributed by atoms with Crippen LogP contribution in [0.5, 0.6) is 17.5 Å². The Morgan fingerprint density at radius 1 is 1.21 bits per heavy atom. The number of hydrogen-bond donors (Lipinski definition) is 2. The number of nitrogens with one attached hydrogen (secondary N) is 2. The molecule has 0 fully saturated rings. The van der Waals surface area contributed by atoms with Crippen LogP contribution in [-0.4, -0.2) is 56.2 Å². The summed E-state index contributed by atoms with van der Waals surface area (Å²) in [6, 6.07) is 5.25. The topological polar surface area (TPSA) is 116 Å². The van der Waals surface area contributed by atoms with Crippen LogP contribution in [0.2, 0.25) is 5.02 Å². The zero-order valence-electron chi connectivity index (χ0n) is 18.1. The molecule has 1 aromatic carbocycles. The SMILES string of the molecule is COc1nc(NS(=O)c2c[nH]c3c(-n4ccc(C)n4)c(Cl)ccc23)nc(OC)c1OCC(F)F. The van der Waals surface area contributed by atoms with Crippen molar-refractivity contribution in [2.45, 2.75) is 18.2 Å². The summed E-state index contributed by atoms with van der Waals surface area (Å²) in [5, 5.41) is 5.49. The van der Waals surface area contributed by atoms with Gasteiger partial charge in [-0.05, 0) is 25.1 Å². The fraction of sp³-hybridized carbons (Fsp3) is 0.250. The number of alkyl halides is 2. The molecule has 0 spiro atoms. The van der Waals surface area contributed by atoms with Gasteiger partial charge in [-0.15, -0.1) is 0 Å². The molecule has 4 aromatic rings. The molecule has 1 atom stereocenters. The van der Waals surface area contributed by atoms with Crippen molar-refractivity contribution >= 4 is 39.4 Å². The van der Waals surface area contributed by atoms with Gasteiger partial charge in [0.1, 0.15) is 12.3 Å². The Bertz CT molecular complexity index is 1340. The van der Waals surface area contributed by atoms with E-state index in [9.17, 15) is 13.0 Å². The summed E-state index contributed by atoms with van der Waals surface area (Å²) in [6.07, 6.45) is 0.625. The summed E-state index contributed by atoms with van der Waals surface area (Å²) < 4.78 is 57.8. The molecule has 2 N–H and O–H groups in total. The summed E-state index contributed by atoms with van der Waals surface area (Å²) in [5.74, 6) is -0.631. The van der Waals surface area contributed by atoms with Gasteiger partial charge in [0, 0.05) is 17.8 Å². The molecule has 1 unspecified atom stereocenters. The highest BCUT2D eigenvalue weighted by Crippen LogP contribution is 2.36. The van der Waals surface area contributed by atoms with Crippen LogP contribution in [0.1, 0.15) is 5.69 Å². The molecule has 180 valence electrons. The smallest absolute Gasteiger partial charge is 0.272 e. The van der Waals surface area contributed by atoms with Gasteiger partial charge in [-0.2, -0.15) is 15.1 Å². The molecular formula is C20H19ClF2N6O4S. The number of halogens is 3. The van der Waals surface area contributed by atoms with Crippen molar-refractivity contribution in [3.05, 3.63) is 41.3 Å². The van der Waals surface area contributed by atoms with Crippen molar-refractivity contribution in [1.29, 1.82) is 0 Å². The quantitative estimate of drug-likeness (QED) is 0.349. The monoisotopic (exact) mass is 512 g/mol. The zero-order chi connectivity index (χ0) is 24.4. The van der Waals surface area contributed by atoms with Crippen LogP contribution in [0.25, 0.3) is 16.6 Å². The van der Waals surface area contributed by atoms with Crippen molar-refractivity contribution in [1.82, 2.24) is 24.7 Å². The van der Waals surface area contributed by atoms with Crippen molar-refractivity contribution in [3.63, 3.8) is 0 Å². The van der Waals surface area contributed by atoms with Gasteiger partial charge < -0.3 is 19.2 Å². The van der Waals surface area contributed by atoms with Gasteiger partial charge in [0.25, 0.3) is 18.2 Å². The first kappa shape index (κ1) is 23.7. The Morgan fingerprint density at radius 3 is 2.50 bits per heavy atom. The Hall–Kier alpha value is -3.45. The van der Waals surface area contributed by atoms with E-state index < -0.39 is 24.0 Å². The van der Waals surface area contributed by atoms with E-state index in [-0.39, 0.29) is 23.5 Å². The summed E-state index contributed by atoms with van der Waals surface area (Å²) >= 11 is 6.41. The number of aryl methyl sites for hydroxylation is 1. The van der Waals surface area contributed by atoms with Crippen molar-refractivity contribution < 1.29 is 27.2 Å². The minimum atomic E-state index is -2.72. The number of aromatic nitrogens is 5. The third-order valence-electron chi connectivity index (χ3n) is 4.62. The average molecular weight is 513 g/mol. The molecule has 34 heavy (non-hydrogen) atoms. The number of hydrogen-bond acceptors (Lipinski definition) is 7. The molecule has 0 radical (unpaired) electrons. The molecule has 3 heterocycles. The van der Waals surface area contributed by atoms with Gasteiger partial charge in [-0.25, -0.2) is 17.7 Å². The van der Waals surface area contributed by atoms with Crippen LogP contribution >= 0.6 is 11.6 Å². The molecular weight excluding hydrogens is 494 g/mol. The van der Waals surface area contributed by atoms with Crippen LogP contribution in [0, 0.1) is 6.92 Å². The highest BCUT2D eigenvalue weighted by molar-refractivity contribution is 7.86. The Balaban J connectivity index is 1.67. The van der Waals surface area contributed by atoms with Crippen LogP contribution in [0.15, 0.2) is 35.5 Å². The van der Waals surface area contributed by atoms with E-state index in [2.05, 4.69) is 24.8 Å². The molecule has 10 nitrogen and oxygen atoms in total. The van der Waals surface area contributed by atoms with Gasteiger partial charge in [0.05, 0.1) is 35.3 Å². The lowest BCUT2D eigenvalue weighted by Gasteiger charge is -2.14. The fourth-order valence-corrected chi connectivity index (χ4v) is 4.34. The Kier molecular flexibility index (Phi) is 6.84. The fourth-order valence-electron chi connectivity index (χ4n) is 3.19. The van der Waals surface area contributed by atoms with Crippen LogP contribution < -0.4 is 18.9 Å². The predicted molar refractivity (Wildman–Crippen MR) is 122 cm³/mol. The van der Waals surface area contributed by atoms with Crippen LogP contribution in [0.3, 0.4) is 0 Å². The van der Waals surface area contributed by atoms with E-state index in [0.717, 1.165) is 5.69 Å². The molecule has 0 saturated heterocycles. The number of aromatic amines is 1. The number of benzene rings is 1. The average Bonchev–Trinajstić information content (AvgIpc) is 3.43. The largest absolute Gasteiger partial charge is 0.478 e. The highest BCUT2D eigenvalue weighted by Gasteiger charge is 2.22. The number of nitrogens with zero attached hydrogens (tertiary/aromatic N) is 4. The lowest BCUT2D eigenvalue weighted by atomic mass is 10.2. The molecule has 0 aliphatic rings. The number of methoxy groups -OCH3 is 2. The third kappa shape index (κ3) is 4.61. The first-order valence-corrected chi connectivity index (χ1v) is 11.3. The van der Waals surface area contributed by atoms with Gasteiger partial charge in [0.15, 0.2) is 11.0 Å². The number of H-pyrrole nitrogens is 1. The van der Waals surface area contributed by atoms with Gasteiger partial charge in [-0.3, -0.25) is 4.72 Å². The Morgan fingerprint density at radius 2 is 1.91 bits per heavy atom. The van der Waals surface area contributed by atoms with E-state index in [1.807, 2.05) is 13.0 Å². The zero-order valence-corrected chi connectivity index (χ0v) is 19.7. The van der Waals surface area contributed by atoms with E-state index >= 15 is 0 Å². The number of fused-ring (bicyclic) bond motifs is 1. The van der Waals surface area contributed by atoms with E-state index in [1.165, 1.54) is 14.2 Å². The molecule has 4 rings (SSSR count). The normalized spacial score (nSPS) is 12.2. The van der Waals surface area contributed by atoms with Gasteiger partial charge in [-0.1, -0.05) is 11.6 Å². The summed E-state index contributed by atoms with van der Waals surface area (Å²) in [5.41, 5.74) is 2.05. The molecule has 0 saturated carbocycles. The third-order valence-corrected chi connectivity index (χ3v) is 6.03. The maximum Gasteiger partial charge on any atom is 0.272 e. The van der Waals surface area contributed by atoms with Crippen molar-refractivity contribution in [2.75, 3.05) is 25.5 Å². The number of ether oxygens (including phenoxy) is 3. The Labute approximate surface area is 199 Å². The highest BCUT2D eigenvalue weighted by atomic mass is 35.5. The second-order valence-corrected chi connectivity index (χ2v) is 8.43. The lowest BCUT2D eigenvalue weighted by Crippen LogP contribution is -2.13. The van der Waals surface area contributed by atoms with Crippen molar-refractivity contribution in [3.8, 4) is 23.2 Å². The minimum Gasteiger partial charge on any atom is -0.478 e. The molecule has 0 aliphatic heterocycles.